The summed E-state index contributed by atoms with van der Waals surface area (Å²) < 4.78 is 0. The van der Waals surface area contributed by atoms with Crippen LogP contribution >= 0.6 is 0 Å². The van der Waals surface area contributed by atoms with Crippen LogP contribution in [0, 0.1) is 73.9 Å². The Morgan fingerprint density at radius 2 is 1.33 bits per heavy atom. The Morgan fingerprint density at radius 3 is 1.79 bits per heavy atom. The van der Waals surface area contributed by atoms with Crippen molar-refractivity contribution in [3.63, 3.8) is 0 Å². The molecule has 24 heavy (non-hydrogen) atoms. The van der Waals surface area contributed by atoms with Crippen molar-refractivity contribution in [2.45, 2.75) is 0 Å². The van der Waals surface area contributed by atoms with Gasteiger partial charge in [-0.15, -0.1) is 11.7 Å². The molecule has 0 aromatic heterocycles. The Labute approximate surface area is 153 Å². The van der Waals surface area contributed by atoms with Gasteiger partial charge in [0, 0.05) is 12.1 Å². The van der Waals surface area contributed by atoms with Crippen LogP contribution in [0.15, 0.2) is 24.3 Å². The number of benzene rings is 1. The summed E-state index contributed by atoms with van der Waals surface area (Å²) in [6.45, 7) is 0. The van der Waals surface area contributed by atoms with Crippen LogP contribution in [0.5, 0.6) is 0 Å². The van der Waals surface area contributed by atoms with E-state index in [9.17, 15) is 14.9 Å². The van der Waals surface area contributed by atoms with Crippen molar-refractivity contribution in [3.05, 3.63) is 109 Å². The maximum absolute atomic E-state index is 11.4. The zero-order valence-corrected chi connectivity index (χ0v) is 13.5. The average Bonchev–Trinajstić information content (AvgIpc) is 3.24. The molecule has 1 aromatic rings. The number of carbonyl (C=O) groups is 1. The third-order valence-corrected chi connectivity index (χ3v) is 2.71. The second-order valence-corrected chi connectivity index (χ2v) is 4.39. The van der Waals surface area contributed by atoms with E-state index < -0.39 is 11.0 Å². The number of urea groups is 1. The van der Waals surface area contributed by atoms with Gasteiger partial charge in [-0.25, -0.2) is 0 Å². The van der Waals surface area contributed by atoms with Crippen LogP contribution < -0.4 is 0 Å². The van der Waals surface area contributed by atoms with Gasteiger partial charge in [0.25, 0.3) is 5.69 Å². The van der Waals surface area contributed by atoms with Gasteiger partial charge in [0.15, 0.2) is 0 Å². The van der Waals surface area contributed by atoms with Crippen LogP contribution in [0.1, 0.15) is 0 Å². The molecule has 0 saturated heterocycles. The van der Waals surface area contributed by atoms with Crippen LogP contribution in [0.4, 0.5) is 16.2 Å². The molecule has 3 rings (SSSR count). The molecule has 0 unspecified atom stereocenters. The Kier molecular flexibility index (Phi) is 9.42. The first kappa shape index (κ1) is 20.5. The molecular weight excluding hydrogens is 350 g/mol. The molecule has 122 valence electrons. The van der Waals surface area contributed by atoms with Gasteiger partial charge < -0.3 is 15.4 Å². The first-order chi connectivity index (χ1) is 11.1. The summed E-state index contributed by atoms with van der Waals surface area (Å²) in [5, 5.41) is 17.9. The van der Waals surface area contributed by atoms with Gasteiger partial charge in [-0.2, -0.15) is 0 Å². The third-order valence-electron chi connectivity index (χ3n) is 2.71. The number of hydrogen-bond acceptors (Lipinski definition) is 3. The van der Waals surface area contributed by atoms with Crippen LogP contribution in [0.2, 0.25) is 0 Å². The van der Waals surface area contributed by atoms with Gasteiger partial charge in [-0.05, 0) is 63.8 Å². The standard InChI is InChI=1S/C12H9N3O3.C5H5.Fe/c16-12(13-9-3-1-2-4-9)14-10-5-7-11(8-6-10)15(17)18;1-2-4-5-3-1;/h1-8H,(H-,13,14,16);1-5H;/q-1;;+2/p-1. The Bertz CT molecular complexity index is 505. The minimum absolute atomic E-state index is 0. The zero-order chi connectivity index (χ0) is 16.5. The summed E-state index contributed by atoms with van der Waals surface area (Å²) in [4.78, 5) is 21.4. The summed E-state index contributed by atoms with van der Waals surface area (Å²) in [5.74, 6) is 0. The average molecular weight is 363 g/mol. The van der Waals surface area contributed by atoms with Gasteiger partial charge in [-0.1, -0.05) is 12.1 Å². The van der Waals surface area contributed by atoms with Crippen LogP contribution in [0.3, 0.4) is 0 Å². The number of carbonyl (C=O) groups excluding carboxylic acids is 1. The van der Waals surface area contributed by atoms with Crippen molar-refractivity contribution >= 4 is 17.4 Å². The maximum atomic E-state index is 11.4. The molecule has 2 amide bonds. The molecule has 0 N–H and O–H groups in total. The second kappa shape index (κ2) is 11.0. The maximum Gasteiger partial charge on any atom is 2.00 e. The molecule has 2 aliphatic rings. The van der Waals surface area contributed by atoms with Crippen molar-refractivity contribution in [2.75, 3.05) is 0 Å². The van der Waals surface area contributed by atoms with Gasteiger partial charge in [0.1, 0.15) is 0 Å². The molecule has 2 fully saturated rings. The van der Waals surface area contributed by atoms with Crippen LogP contribution in [-0.2, 0) is 17.1 Å². The van der Waals surface area contributed by atoms with E-state index in [1.807, 2.05) is 32.1 Å². The minimum Gasteiger partial charge on any atom is -0.664 e. The van der Waals surface area contributed by atoms with E-state index in [4.69, 9.17) is 0 Å². The normalized spacial score (nSPS) is 16.5. The van der Waals surface area contributed by atoms with E-state index >= 15 is 0 Å². The van der Waals surface area contributed by atoms with Gasteiger partial charge in [0.2, 0.25) is 0 Å². The molecule has 7 heteroatoms. The Hall–Kier alpha value is -1.59. The third kappa shape index (κ3) is 7.32. The van der Waals surface area contributed by atoms with E-state index in [1.54, 1.807) is 25.7 Å². The van der Waals surface area contributed by atoms with Gasteiger partial charge in [-0.3, -0.25) is 10.1 Å². The SMILES string of the molecule is O=C([N-][C]1[CH][CH][CH][CH]1)[N-]c1ccc([N+](=O)[O-])cc1.[CH]1[CH][CH][CH][CH]1.[Fe+2]. The largest absolute Gasteiger partial charge is 2.00 e. The quantitative estimate of drug-likeness (QED) is 0.451. The molecule has 0 spiro atoms. The number of nitro groups is 1. The molecule has 0 heterocycles. The molecule has 6 nitrogen and oxygen atoms in total. The Morgan fingerprint density at radius 1 is 0.833 bits per heavy atom. The predicted molar refractivity (Wildman–Crippen MR) is 86.8 cm³/mol. The van der Waals surface area contributed by atoms with Gasteiger partial charge >= 0.3 is 17.1 Å². The van der Waals surface area contributed by atoms with E-state index in [0.29, 0.717) is 11.7 Å². The predicted octanol–water partition coefficient (Wildman–Crippen LogP) is 4.48. The Balaban J connectivity index is 0.000000412. The van der Waals surface area contributed by atoms with Crippen LogP contribution in [-0.4, -0.2) is 11.0 Å². The van der Waals surface area contributed by atoms with Crippen molar-refractivity contribution in [3.8, 4) is 0 Å². The van der Waals surface area contributed by atoms with Crippen molar-refractivity contribution in [2.24, 2.45) is 0 Å². The number of nitro benzene ring substituents is 1. The number of hydrogen-bond donors (Lipinski definition) is 0. The zero-order valence-electron chi connectivity index (χ0n) is 12.4. The van der Waals surface area contributed by atoms with E-state index in [-0.39, 0.29) is 22.8 Å². The fraction of sp³-hybridized carbons (Fsp3) is 0. The summed E-state index contributed by atoms with van der Waals surface area (Å²) >= 11 is 0. The van der Waals surface area contributed by atoms with E-state index in [0.717, 1.165) is 0 Å². The van der Waals surface area contributed by atoms with Gasteiger partial charge in [0.05, 0.1) is 4.92 Å². The summed E-state index contributed by atoms with van der Waals surface area (Å²) in [6.07, 6.45) is 16.9. The summed E-state index contributed by atoms with van der Waals surface area (Å²) in [7, 11) is 0. The fourth-order valence-corrected chi connectivity index (χ4v) is 1.65. The molecule has 0 aliphatic heterocycles. The van der Waals surface area contributed by atoms with Crippen molar-refractivity contribution in [1.29, 1.82) is 0 Å². The summed E-state index contributed by atoms with van der Waals surface area (Å²) in [5.41, 5.74) is 0.287. The number of nitrogens with zero attached hydrogens (tertiary/aromatic N) is 3. The first-order valence-electron chi connectivity index (χ1n) is 6.75. The molecule has 1 aromatic carbocycles. The molecule has 10 radical (unpaired) electrons. The number of amides is 2. The summed E-state index contributed by atoms with van der Waals surface area (Å²) in [6, 6.07) is 5.26. The van der Waals surface area contributed by atoms with E-state index in [1.165, 1.54) is 24.3 Å². The molecule has 0 bridgehead atoms. The first-order valence-corrected chi connectivity index (χ1v) is 6.75. The minimum atomic E-state index is -0.643. The van der Waals surface area contributed by atoms with Crippen molar-refractivity contribution in [1.82, 2.24) is 0 Å². The fourth-order valence-electron chi connectivity index (χ4n) is 1.65. The molecular formula is C17H13FeN3O3. The van der Waals surface area contributed by atoms with Crippen LogP contribution in [0.25, 0.3) is 10.6 Å². The topological polar surface area (TPSA) is 88.4 Å². The van der Waals surface area contributed by atoms with Crippen molar-refractivity contribution < 1.29 is 26.8 Å². The number of non-ortho nitro benzene ring substituents is 1. The second-order valence-electron chi connectivity index (χ2n) is 4.39. The molecule has 2 saturated carbocycles. The molecule has 0 atom stereocenters. The smallest absolute Gasteiger partial charge is 0.664 e. The molecule has 2 aliphatic carbocycles. The number of rotatable bonds is 3. The van der Waals surface area contributed by atoms with E-state index in [2.05, 4.69) is 10.6 Å². The monoisotopic (exact) mass is 363 g/mol.